The highest BCUT2D eigenvalue weighted by Crippen LogP contribution is 2.23. The van der Waals surface area contributed by atoms with E-state index in [1.807, 2.05) is 29.6 Å². The lowest BCUT2D eigenvalue weighted by Crippen LogP contribution is -2.37. The second kappa shape index (κ2) is 7.87. The molecule has 0 spiro atoms. The topological polar surface area (TPSA) is 84.2 Å². The summed E-state index contributed by atoms with van der Waals surface area (Å²) in [5, 5.41) is 6.03. The van der Waals surface area contributed by atoms with Crippen LogP contribution in [0.15, 0.2) is 24.3 Å². The maximum Gasteiger partial charge on any atom is 0.318 e. The molecule has 0 heterocycles. The number of urea groups is 1. The molecule has 0 aliphatic carbocycles. The summed E-state index contributed by atoms with van der Waals surface area (Å²) >= 11 is 5.87. The molecule has 1 unspecified atom stereocenters. The molecule has 0 bridgehead atoms. The zero-order valence-electron chi connectivity index (χ0n) is 11.7. The van der Waals surface area contributed by atoms with Gasteiger partial charge in [0.1, 0.15) is 0 Å². The van der Waals surface area contributed by atoms with E-state index in [1.165, 1.54) is 0 Å². The quantitative estimate of drug-likeness (QED) is 0.752. The van der Waals surface area contributed by atoms with Crippen LogP contribution in [0.2, 0.25) is 5.02 Å². The highest BCUT2D eigenvalue weighted by atomic mass is 35.5. The number of hydrogen-bond acceptors (Lipinski definition) is 3. The number of benzene rings is 1. The van der Waals surface area contributed by atoms with Crippen molar-refractivity contribution in [3.8, 4) is 0 Å². The number of imide groups is 1. The first kappa shape index (κ1) is 16.5. The van der Waals surface area contributed by atoms with Crippen molar-refractivity contribution in [2.75, 3.05) is 6.54 Å². The molecule has 1 aromatic carbocycles. The number of nitrogens with two attached hydrogens (primary N) is 1. The van der Waals surface area contributed by atoms with Gasteiger partial charge in [-0.15, -0.1) is 0 Å². The average Bonchev–Trinajstić information content (AvgIpc) is 2.35. The maximum absolute atomic E-state index is 11.3. The molecule has 1 aromatic rings. The van der Waals surface area contributed by atoms with Crippen molar-refractivity contribution in [2.45, 2.75) is 26.3 Å². The molecule has 0 aromatic heterocycles. The standard InChI is InChI=1S/C14H20ClN3O2/c1-9(2)13(10-3-5-11(15)6-4-10)17-8-7-12(19)18-14(16)20/h3-6,9,13,17H,7-8H2,1-2H3,(H3,16,18,19,20). The minimum atomic E-state index is -0.826. The number of nitrogens with one attached hydrogen (secondary N) is 2. The van der Waals surface area contributed by atoms with Gasteiger partial charge >= 0.3 is 6.03 Å². The van der Waals surface area contributed by atoms with E-state index in [2.05, 4.69) is 19.2 Å². The smallest absolute Gasteiger partial charge is 0.318 e. The number of hydrogen-bond donors (Lipinski definition) is 3. The van der Waals surface area contributed by atoms with Gasteiger partial charge in [0.15, 0.2) is 0 Å². The zero-order chi connectivity index (χ0) is 15.1. The van der Waals surface area contributed by atoms with Crippen LogP contribution in [0.5, 0.6) is 0 Å². The molecule has 5 nitrogen and oxygen atoms in total. The van der Waals surface area contributed by atoms with E-state index in [4.69, 9.17) is 17.3 Å². The third kappa shape index (κ3) is 5.59. The number of rotatable bonds is 6. The summed E-state index contributed by atoms with van der Waals surface area (Å²) in [6.45, 7) is 4.65. The first-order valence-electron chi connectivity index (χ1n) is 6.48. The number of carbonyl (C=O) groups is 2. The van der Waals surface area contributed by atoms with Crippen LogP contribution in [0.25, 0.3) is 0 Å². The van der Waals surface area contributed by atoms with Crippen molar-refractivity contribution in [3.05, 3.63) is 34.9 Å². The monoisotopic (exact) mass is 297 g/mol. The Kier molecular flexibility index (Phi) is 6.48. The van der Waals surface area contributed by atoms with Crippen molar-refractivity contribution in [1.82, 2.24) is 10.6 Å². The van der Waals surface area contributed by atoms with E-state index in [1.54, 1.807) is 0 Å². The van der Waals surface area contributed by atoms with Crippen LogP contribution < -0.4 is 16.4 Å². The Morgan fingerprint density at radius 2 is 1.85 bits per heavy atom. The number of halogens is 1. The third-order valence-corrected chi connectivity index (χ3v) is 3.13. The van der Waals surface area contributed by atoms with Crippen molar-refractivity contribution in [2.24, 2.45) is 11.7 Å². The third-order valence-electron chi connectivity index (χ3n) is 2.87. The fourth-order valence-electron chi connectivity index (χ4n) is 1.95. The zero-order valence-corrected chi connectivity index (χ0v) is 12.4. The van der Waals surface area contributed by atoms with Crippen molar-refractivity contribution >= 4 is 23.5 Å². The van der Waals surface area contributed by atoms with Crippen LogP contribution >= 0.6 is 11.6 Å². The Morgan fingerprint density at radius 3 is 2.35 bits per heavy atom. The van der Waals surface area contributed by atoms with Gasteiger partial charge in [-0.05, 0) is 23.6 Å². The van der Waals surface area contributed by atoms with Gasteiger partial charge in [-0.1, -0.05) is 37.6 Å². The molecule has 3 amide bonds. The van der Waals surface area contributed by atoms with Crippen molar-refractivity contribution in [3.63, 3.8) is 0 Å². The normalized spacial score (nSPS) is 12.2. The second-order valence-electron chi connectivity index (χ2n) is 4.89. The molecular formula is C14H20ClN3O2. The van der Waals surface area contributed by atoms with Crippen LogP contribution in [-0.4, -0.2) is 18.5 Å². The van der Waals surface area contributed by atoms with Gasteiger partial charge in [0.25, 0.3) is 0 Å². The lowest BCUT2D eigenvalue weighted by atomic mass is 9.96. The largest absolute Gasteiger partial charge is 0.351 e. The molecule has 20 heavy (non-hydrogen) atoms. The summed E-state index contributed by atoms with van der Waals surface area (Å²) in [6.07, 6.45) is 0.194. The lowest BCUT2D eigenvalue weighted by Gasteiger charge is -2.23. The van der Waals surface area contributed by atoms with Crippen LogP contribution in [-0.2, 0) is 4.79 Å². The Balaban J connectivity index is 2.54. The molecule has 0 fully saturated rings. The van der Waals surface area contributed by atoms with Crippen LogP contribution in [0, 0.1) is 5.92 Å². The molecule has 0 saturated heterocycles. The lowest BCUT2D eigenvalue weighted by molar-refractivity contribution is -0.119. The van der Waals surface area contributed by atoms with Crippen molar-refractivity contribution in [1.29, 1.82) is 0 Å². The van der Waals surface area contributed by atoms with Gasteiger partial charge in [-0.2, -0.15) is 0 Å². The Morgan fingerprint density at radius 1 is 1.25 bits per heavy atom. The molecule has 0 aliphatic rings. The highest BCUT2D eigenvalue weighted by molar-refractivity contribution is 6.30. The second-order valence-corrected chi connectivity index (χ2v) is 5.33. The van der Waals surface area contributed by atoms with Gasteiger partial charge in [0, 0.05) is 24.0 Å². The first-order chi connectivity index (χ1) is 9.40. The van der Waals surface area contributed by atoms with E-state index in [0.717, 1.165) is 5.56 Å². The molecule has 1 rings (SSSR count). The minimum Gasteiger partial charge on any atom is -0.351 e. The van der Waals surface area contributed by atoms with Gasteiger partial charge in [0.05, 0.1) is 0 Å². The van der Waals surface area contributed by atoms with Gasteiger partial charge in [0.2, 0.25) is 5.91 Å². The molecule has 4 N–H and O–H groups in total. The minimum absolute atomic E-state index is 0.119. The summed E-state index contributed by atoms with van der Waals surface area (Å²) in [4.78, 5) is 21.8. The first-order valence-corrected chi connectivity index (χ1v) is 6.86. The van der Waals surface area contributed by atoms with Crippen molar-refractivity contribution < 1.29 is 9.59 Å². The Labute approximate surface area is 123 Å². The number of amides is 3. The molecule has 1 atom stereocenters. The molecule has 6 heteroatoms. The molecule has 110 valence electrons. The van der Waals surface area contributed by atoms with Crippen LogP contribution in [0.3, 0.4) is 0 Å². The average molecular weight is 298 g/mol. The predicted molar refractivity (Wildman–Crippen MR) is 79.4 cm³/mol. The number of carbonyl (C=O) groups excluding carboxylic acids is 2. The van der Waals surface area contributed by atoms with Crippen LogP contribution in [0.1, 0.15) is 31.9 Å². The maximum atomic E-state index is 11.3. The van der Waals surface area contributed by atoms with Gasteiger partial charge in [-0.3, -0.25) is 10.1 Å². The van der Waals surface area contributed by atoms with Gasteiger partial charge in [-0.25, -0.2) is 4.79 Å². The van der Waals surface area contributed by atoms with E-state index in [9.17, 15) is 9.59 Å². The molecule has 0 aliphatic heterocycles. The fourth-order valence-corrected chi connectivity index (χ4v) is 2.08. The molecule has 0 saturated carbocycles. The van der Waals surface area contributed by atoms with E-state index in [-0.39, 0.29) is 18.4 Å². The molecular weight excluding hydrogens is 278 g/mol. The summed E-state index contributed by atoms with van der Waals surface area (Å²) in [5.74, 6) is -0.0287. The summed E-state index contributed by atoms with van der Waals surface area (Å²) in [5.41, 5.74) is 5.99. The van der Waals surface area contributed by atoms with E-state index < -0.39 is 6.03 Å². The van der Waals surface area contributed by atoms with E-state index in [0.29, 0.717) is 17.5 Å². The highest BCUT2D eigenvalue weighted by Gasteiger charge is 2.15. The number of primary amides is 1. The Hall–Kier alpha value is -1.59. The predicted octanol–water partition coefficient (Wildman–Crippen LogP) is 2.21. The molecule has 0 radical (unpaired) electrons. The summed E-state index contributed by atoms with van der Waals surface area (Å²) in [7, 11) is 0. The fraction of sp³-hybridized carbons (Fsp3) is 0.429. The Bertz CT molecular complexity index is 460. The van der Waals surface area contributed by atoms with E-state index >= 15 is 0 Å². The van der Waals surface area contributed by atoms with Crippen LogP contribution in [0.4, 0.5) is 4.79 Å². The summed E-state index contributed by atoms with van der Waals surface area (Å²) < 4.78 is 0. The van der Waals surface area contributed by atoms with Gasteiger partial charge < -0.3 is 11.1 Å². The summed E-state index contributed by atoms with van der Waals surface area (Å²) in [6, 6.07) is 6.90. The SMILES string of the molecule is CC(C)C(NCCC(=O)NC(N)=O)c1ccc(Cl)cc1.